The largest absolute Gasteiger partial charge is 0.481 e. The maximum atomic E-state index is 12.2. The number of amides is 2. The lowest BCUT2D eigenvalue weighted by Gasteiger charge is -2.32. The van der Waals surface area contributed by atoms with Crippen LogP contribution in [0.5, 0.6) is 0 Å². The predicted molar refractivity (Wildman–Crippen MR) is 81.1 cm³/mol. The fourth-order valence-corrected chi connectivity index (χ4v) is 3.61. The van der Waals surface area contributed by atoms with Crippen LogP contribution in [0.1, 0.15) is 58.3 Å². The number of carboxylic acids is 1. The molecule has 2 aliphatic rings. The van der Waals surface area contributed by atoms with E-state index in [1.807, 2.05) is 0 Å². The van der Waals surface area contributed by atoms with Crippen LogP contribution in [0.15, 0.2) is 0 Å². The van der Waals surface area contributed by atoms with Gasteiger partial charge in [-0.25, -0.2) is 4.79 Å². The molecular formula is C16H28N2O3. The number of rotatable bonds is 4. The maximum Gasteiger partial charge on any atom is 0.317 e. The third-order valence-corrected chi connectivity index (χ3v) is 4.91. The van der Waals surface area contributed by atoms with Crippen molar-refractivity contribution in [3.05, 3.63) is 0 Å². The Hall–Kier alpha value is -1.26. The van der Waals surface area contributed by atoms with Crippen molar-refractivity contribution in [2.45, 2.75) is 64.3 Å². The SMILES string of the molecule is C[C@H](CC1CCCCC1)NC(=O)N1CCC(C(=O)O)CC1. The first kappa shape index (κ1) is 16.1. The van der Waals surface area contributed by atoms with Crippen molar-refractivity contribution >= 4 is 12.0 Å². The standard InChI is InChI=1S/C16H28N2O3/c1-12(11-13-5-3-2-4-6-13)17-16(21)18-9-7-14(8-10-18)15(19)20/h12-14H,2-11H2,1H3,(H,17,21)(H,19,20)/t12-/m1/s1. The number of piperidine rings is 1. The molecule has 2 fully saturated rings. The summed E-state index contributed by atoms with van der Waals surface area (Å²) in [5.74, 6) is -0.263. The van der Waals surface area contributed by atoms with Gasteiger partial charge < -0.3 is 15.3 Å². The highest BCUT2D eigenvalue weighted by atomic mass is 16.4. The topological polar surface area (TPSA) is 69.6 Å². The van der Waals surface area contributed by atoms with Crippen LogP contribution >= 0.6 is 0 Å². The van der Waals surface area contributed by atoms with Gasteiger partial charge in [0.05, 0.1) is 5.92 Å². The minimum Gasteiger partial charge on any atom is -0.481 e. The average molecular weight is 296 g/mol. The number of nitrogens with zero attached hydrogens (tertiary/aromatic N) is 1. The molecule has 0 aromatic rings. The van der Waals surface area contributed by atoms with Gasteiger partial charge >= 0.3 is 12.0 Å². The third kappa shape index (κ3) is 4.90. The predicted octanol–water partition coefficient (Wildman–Crippen LogP) is 2.85. The molecule has 2 rings (SSSR count). The zero-order valence-electron chi connectivity index (χ0n) is 13.0. The van der Waals surface area contributed by atoms with E-state index in [-0.39, 0.29) is 18.0 Å². The third-order valence-electron chi connectivity index (χ3n) is 4.91. The lowest BCUT2D eigenvalue weighted by Crippen LogP contribution is -2.48. The Balaban J connectivity index is 1.70. The lowest BCUT2D eigenvalue weighted by molar-refractivity contribution is -0.143. The van der Waals surface area contributed by atoms with Gasteiger partial charge in [-0.1, -0.05) is 32.1 Å². The van der Waals surface area contributed by atoms with Gasteiger partial charge in [0.2, 0.25) is 0 Å². The van der Waals surface area contributed by atoms with Crippen molar-refractivity contribution in [1.29, 1.82) is 0 Å². The molecule has 1 aliphatic carbocycles. The van der Waals surface area contributed by atoms with E-state index in [1.165, 1.54) is 32.1 Å². The number of aliphatic carboxylic acids is 1. The Morgan fingerprint density at radius 3 is 2.33 bits per heavy atom. The second-order valence-electron chi connectivity index (χ2n) is 6.69. The van der Waals surface area contributed by atoms with Crippen molar-refractivity contribution in [3.8, 4) is 0 Å². The number of likely N-dealkylation sites (tertiary alicyclic amines) is 1. The van der Waals surface area contributed by atoms with Gasteiger partial charge in [-0.15, -0.1) is 0 Å². The molecule has 0 aromatic carbocycles. The van der Waals surface area contributed by atoms with Crippen LogP contribution in [-0.2, 0) is 4.79 Å². The van der Waals surface area contributed by atoms with E-state index >= 15 is 0 Å². The van der Waals surface area contributed by atoms with E-state index in [0.717, 1.165) is 12.3 Å². The Bertz CT molecular complexity index is 359. The number of nitrogens with one attached hydrogen (secondary N) is 1. The molecule has 2 amide bonds. The zero-order valence-corrected chi connectivity index (χ0v) is 13.0. The number of carboxylic acid groups (broad SMARTS) is 1. The van der Waals surface area contributed by atoms with Crippen LogP contribution < -0.4 is 5.32 Å². The quantitative estimate of drug-likeness (QED) is 0.838. The highest BCUT2D eigenvalue weighted by Gasteiger charge is 2.27. The summed E-state index contributed by atoms with van der Waals surface area (Å²) in [5, 5.41) is 12.1. The highest BCUT2D eigenvalue weighted by Crippen LogP contribution is 2.27. The van der Waals surface area contributed by atoms with Crippen LogP contribution in [0.25, 0.3) is 0 Å². The first-order valence-corrected chi connectivity index (χ1v) is 8.34. The maximum absolute atomic E-state index is 12.2. The average Bonchev–Trinajstić information content (AvgIpc) is 2.48. The van der Waals surface area contributed by atoms with E-state index in [4.69, 9.17) is 5.11 Å². The number of carbonyl (C=O) groups excluding carboxylic acids is 1. The summed E-state index contributed by atoms with van der Waals surface area (Å²) in [6.07, 6.45) is 8.81. The lowest BCUT2D eigenvalue weighted by atomic mass is 9.85. The zero-order chi connectivity index (χ0) is 15.2. The number of urea groups is 1. The summed E-state index contributed by atoms with van der Waals surface area (Å²) >= 11 is 0. The Labute approximate surface area is 127 Å². The van der Waals surface area contributed by atoms with Gasteiger partial charge in [-0.3, -0.25) is 4.79 Å². The Morgan fingerprint density at radius 1 is 1.14 bits per heavy atom. The van der Waals surface area contributed by atoms with Gasteiger partial charge in [-0.2, -0.15) is 0 Å². The molecule has 0 aromatic heterocycles. The normalized spacial score (nSPS) is 22.8. The Kier molecular flexibility index (Phi) is 5.88. The van der Waals surface area contributed by atoms with Crippen LogP contribution in [0.2, 0.25) is 0 Å². The fourth-order valence-electron chi connectivity index (χ4n) is 3.61. The van der Waals surface area contributed by atoms with Crippen molar-refractivity contribution in [3.63, 3.8) is 0 Å². The highest BCUT2D eigenvalue weighted by molar-refractivity contribution is 5.75. The van der Waals surface area contributed by atoms with Crippen LogP contribution in [0.4, 0.5) is 4.79 Å². The van der Waals surface area contributed by atoms with Gasteiger partial charge in [-0.05, 0) is 32.1 Å². The minimum atomic E-state index is -0.735. The van der Waals surface area contributed by atoms with Gasteiger partial charge in [0.15, 0.2) is 0 Å². The summed E-state index contributed by atoms with van der Waals surface area (Å²) in [4.78, 5) is 24.9. The second-order valence-corrected chi connectivity index (χ2v) is 6.69. The molecule has 0 radical (unpaired) electrons. The number of hydrogen-bond donors (Lipinski definition) is 2. The summed E-state index contributed by atoms with van der Waals surface area (Å²) in [6, 6.07) is 0.181. The molecule has 1 aliphatic heterocycles. The monoisotopic (exact) mass is 296 g/mol. The fraction of sp³-hybridized carbons (Fsp3) is 0.875. The molecule has 1 heterocycles. The van der Waals surface area contributed by atoms with E-state index in [9.17, 15) is 9.59 Å². The van der Waals surface area contributed by atoms with Gasteiger partial charge in [0, 0.05) is 19.1 Å². The van der Waals surface area contributed by atoms with Crippen molar-refractivity contribution < 1.29 is 14.7 Å². The molecular weight excluding hydrogens is 268 g/mol. The first-order chi connectivity index (χ1) is 10.1. The van der Waals surface area contributed by atoms with E-state index in [2.05, 4.69) is 12.2 Å². The summed E-state index contributed by atoms with van der Waals surface area (Å²) in [5.41, 5.74) is 0. The molecule has 0 spiro atoms. The molecule has 5 nitrogen and oxygen atoms in total. The van der Waals surface area contributed by atoms with E-state index in [1.54, 1.807) is 4.90 Å². The van der Waals surface area contributed by atoms with Gasteiger partial charge in [0.25, 0.3) is 0 Å². The molecule has 0 bridgehead atoms. The number of carbonyl (C=O) groups is 2. The summed E-state index contributed by atoms with van der Waals surface area (Å²) in [6.45, 7) is 3.19. The molecule has 1 atom stereocenters. The molecule has 1 saturated heterocycles. The molecule has 0 unspecified atom stereocenters. The molecule has 1 saturated carbocycles. The van der Waals surface area contributed by atoms with Crippen molar-refractivity contribution in [1.82, 2.24) is 10.2 Å². The van der Waals surface area contributed by atoms with E-state index in [0.29, 0.717) is 25.9 Å². The van der Waals surface area contributed by atoms with E-state index < -0.39 is 5.97 Å². The first-order valence-electron chi connectivity index (χ1n) is 8.34. The van der Waals surface area contributed by atoms with Gasteiger partial charge in [0.1, 0.15) is 0 Å². The number of hydrogen-bond acceptors (Lipinski definition) is 2. The van der Waals surface area contributed by atoms with Crippen LogP contribution in [0.3, 0.4) is 0 Å². The minimum absolute atomic E-state index is 0.0258. The summed E-state index contributed by atoms with van der Waals surface area (Å²) < 4.78 is 0. The molecule has 2 N–H and O–H groups in total. The van der Waals surface area contributed by atoms with Crippen LogP contribution in [0, 0.1) is 11.8 Å². The van der Waals surface area contributed by atoms with Crippen LogP contribution in [-0.4, -0.2) is 41.1 Å². The molecule has 21 heavy (non-hydrogen) atoms. The van der Waals surface area contributed by atoms with Crippen molar-refractivity contribution in [2.75, 3.05) is 13.1 Å². The van der Waals surface area contributed by atoms with Crippen molar-refractivity contribution in [2.24, 2.45) is 11.8 Å². The molecule has 5 heteroatoms. The summed E-state index contributed by atoms with van der Waals surface area (Å²) in [7, 11) is 0. The smallest absolute Gasteiger partial charge is 0.317 e. The molecule has 120 valence electrons. The Morgan fingerprint density at radius 2 is 1.76 bits per heavy atom. The second kappa shape index (κ2) is 7.66.